The molecule has 2 aliphatic rings. The summed E-state index contributed by atoms with van der Waals surface area (Å²) in [5.74, 6) is 2.83. The maximum atomic E-state index is 4.56. The van der Waals surface area contributed by atoms with Crippen LogP contribution in [-0.4, -0.2) is 60.7 Å². The molecule has 2 aliphatic heterocycles. The molecule has 0 aliphatic carbocycles. The summed E-state index contributed by atoms with van der Waals surface area (Å²) in [7, 11) is 2.14. The molecule has 0 saturated carbocycles. The van der Waals surface area contributed by atoms with Crippen molar-refractivity contribution in [3.05, 3.63) is 29.9 Å². The quantitative estimate of drug-likeness (QED) is 0.898. The summed E-state index contributed by atoms with van der Waals surface area (Å²) in [5, 5.41) is 9.07. The molecule has 2 aromatic heterocycles. The monoisotopic (exact) mass is 343 g/mol. The molecule has 2 saturated heterocycles. The Labute approximate surface area is 149 Å². The molecule has 25 heavy (non-hydrogen) atoms. The first-order valence-corrected chi connectivity index (χ1v) is 9.60. The van der Waals surface area contributed by atoms with Gasteiger partial charge in [0.05, 0.1) is 12.9 Å². The van der Waals surface area contributed by atoms with Gasteiger partial charge in [-0.1, -0.05) is 6.42 Å². The molecule has 0 atom stereocenters. The summed E-state index contributed by atoms with van der Waals surface area (Å²) in [6.07, 6.45) is 10.00. The van der Waals surface area contributed by atoms with Gasteiger partial charge in [0.1, 0.15) is 11.6 Å². The van der Waals surface area contributed by atoms with Gasteiger partial charge in [-0.15, -0.1) is 10.2 Å². The van der Waals surface area contributed by atoms with Gasteiger partial charge in [0.2, 0.25) is 0 Å². The number of rotatable bonds is 5. The molecule has 1 N–H and O–H groups in total. The number of likely N-dealkylation sites (tertiary alicyclic amines) is 2. The Morgan fingerprint density at radius 3 is 2.48 bits per heavy atom. The van der Waals surface area contributed by atoms with Crippen molar-refractivity contribution in [2.75, 3.05) is 26.2 Å². The van der Waals surface area contributed by atoms with Gasteiger partial charge in [-0.25, -0.2) is 4.98 Å². The number of H-pyrrole nitrogens is 1. The summed E-state index contributed by atoms with van der Waals surface area (Å²) in [4.78, 5) is 12.3. The zero-order chi connectivity index (χ0) is 17.1. The standard InChI is InChI=1S/C18H29N7/c1-23-17(13-24-7-3-2-4-8-24)21-22-18(23)15-5-9-25(10-6-15)12-16-11-19-14-20-16/h11,14-15H,2-10,12-13H2,1H3,(H,19,20). The minimum atomic E-state index is 0.533. The summed E-state index contributed by atoms with van der Waals surface area (Å²) >= 11 is 0. The van der Waals surface area contributed by atoms with Crippen molar-refractivity contribution in [1.82, 2.24) is 34.5 Å². The molecule has 7 nitrogen and oxygen atoms in total. The molecule has 0 unspecified atom stereocenters. The lowest BCUT2D eigenvalue weighted by Crippen LogP contribution is -2.33. The van der Waals surface area contributed by atoms with Crippen LogP contribution in [0.2, 0.25) is 0 Å². The predicted octanol–water partition coefficient (Wildman–Crippen LogP) is 1.90. The Balaban J connectivity index is 1.33. The molecule has 0 aromatic carbocycles. The van der Waals surface area contributed by atoms with Crippen LogP contribution in [-0.2, 0) is 20.1 Å². The van der Waals surface area contributed by atoms with Gasteiger partial charge in [0.15, 0.2) is 0 Å². The second kappa shape index (κ2) is 7.66. The van der Waals surface area contributed by atoms with Crippen LogP contribution >= 0.6 is 0 Å². The average Bonchev–Trinajstić information content (AvgIpc) is 3.28. The van der Waals surface area contributed by atoms with Gasteiger partial charge in [0, 0.05) is 31.4 Å². The second-order valence-corrected chi connectivity index (χ2v) is 7.50. The number of nitrogens with zero attached hydrogens (tertiary/aromatic N) is 6. The third-order valence-electron chi connectivity index (χ3n) is 5.71. The fourth-order valence-electron chi connectivity index (χ4n) is 4.15. The van der Waals surface area contributed by atoms with Gasteiger partial charge in [0.25, 0.3) is 0 Å². The number of aromatic nitrogens is 5. The third-order valence-corrected chi connectivity index (χ3v) is 5.71. The Morgan fingerprint density at radius 2 is 1.76 bits per heavy atom. The molecular weight excluding hydrogens is 314 g/mol. The van der Waals surface area contributed by atoms with E-state index in [0.29, 0.717) is 5.92 Å². The molecule has 0 bridgehead atoms. The highest BCUT2D eigenvalue weighted by atomic mass is 15.3. The summed E-state index contributed by atoms with van der Waals surface area (Å²) in [6, 6.07) is 0. The van der Waals surface area contributed by atoms with E-state index in [1.807, 2.05) is 6.20 Å². The van der Waals surface area contributed by atoms with Crippen LogP contribution < -0.4 is 0 Å². The SMILES string of the molecule is Cn1c(CN2CCCCC2)nnc1C1CCN(Cc2cnc[nH]2)CC1. The van der Waals surface area contributed by atoms with Crippen LogP contribution in [0, 0.1) is 0 Å². The first-order valence-electron chi connectivity index (χ1n) is 9.60. The van der Waals surface area contributed by atoms with Crippen molar-refractivity contribution in [2.24, 2.45) is 7.05 Å². The fraction of sp³-hybridized carbons (Fsp3) is 0.722. The Bertz CT molecular complexity index is 649. The van der Waals surface area contributed by atoms with Crippen molar-refractivity contribution in [1.29, 1.82) is 0 Å². The number of hydrogen-bond donors (Lipinski definition) is 1. The lowest BCUT2D eigenvalue weighted by molar-refractivity contribution is 0.197. The topological polar surface area (TPSA) is 65.9 Å². The van der Waals surface area contributed by atoms with Crippen molar-refractivity contribution < 1.29 is 0 Å². The molecule has 2 fully saturated rings. The van der Waals surface area contributed by atoms with Gasteiger partial charge < -0.3 is 9.55 Å². The van der Waals surface area contributed by atoms with Crippen LogP contribution in [0.15, 0.2) is 12.5 Å². The van der Waals surface area contributed by atoms with Gasteiger partial charge in [-0.3, -0.25) is 9.80 Å². The van der Waals surface area contributed by atoms with Crippen LogP contribution in [0.1, 0.15) is 55.4 Å². The first-order chi connectivity index (χ1) is 12.3. The summed E-state index contributed by atoms with van der Waals surface area (Å²) in [5.41, 5.74) is 1.20. The number of nitrogens with one attached hydrogen (secondary N) is 1. The molecule has 4 rings (SSSR count). The van der Waals surface area contributed by atoms with E-state index >= 15 is 0 Å². The average molecular weight is 343 g/mol. The van der Waals surface area contributed by atoms with Gasteiger partial charge in [-0.2, -0.15) is 0 Å². The first kappa shape index (κ1) is 16.7. The van der Waals surface area contributed by atoms with Crippen molar-refractivity contribution >= 4 is 0 Å². The molecule has 136 valence electrons. The highest BCUT2D eigenvalue weighted by molar-refractivity contribution is 5.04. The Kier molecular flexibility index (Phi) is 5.12. The van der Waals surface area contributed by atoms with E-state index in [1.54, 1.807) is 6.33 Å². The van der Waals surface area contributed by atoms with E-state index in [0.717, 1.165) is 44.8 Å². The zero-order valence-corrected chi connectivity index (χ0v) is 15.2. The number of imidazole rings is 1. The van der Waals surface area contributed by atoms with E-state index in [-0.39, 0.29) is 0 Å². The van der Waals surface area contributed by atoms with E-state index in [2.05, 4.69) is 41.6 Å². The lowest BCUT2D eigenvalue weighted by atomic mass is 9.96. The number of aromatic amines is 1. The number of piperidine rings is 2. The molecule has 0 radical (unpaired) electrons. The summed E-state index contributed by atoms with van der Waals surface area (Å²) < 4.78 is 2.25. The minimum Gasteiger partial charge on any atom is -0.347 e. The van der Waals surface area contributed by atoms with E-state index in [4.69, 9.17) is 0 Å². The molecule has 0 amide bonds. The van der Waals surface area contributed by atoms with Crippen LogP contribution in [0.25, 0.3) is 0 Å². The van der Waals surface area contributed by atoms with Crippen LogP contribution in [0.5, 0.6) is 0 Å². The van der Waals surface area contributed by atoms with Gasteiger partial charge >= 0.3 is 0 Å². The maximum absolute atomic E-state index is 4.56. The maximum Gasteiger partial charge on any atom is 0.146 e. The normalized spacial score (nSPS) is 21.0. The van der Waals surface area contributed by atoms with E-state index in [1.165, 1.54) is 43.9 Å². The van der Waals surface area contributed by atoms with Crippen LogP contribution in [0.4, 0.5) is 0 Å². The Morgan fingerprint density at radius 1 is 1.00 bits per heavy atom. The van der Waals surface area contributed by atoms with Crippen LogP contribution in [0.3, 0.4) is 0 Å². The fourth-order valence-corrected chi connectivity index (χ4v) is 4.15. The summed E-state index contributed by atoms with van der Waals surface area (Å²) in [6.45, 7) is 6.53. The number of hydrogen-bond acceptors (Lipinski definition) is 5. The minimum absolute atomic E-state index is 0.533. The van der Waals surface area contributed by atoms with Crippen molar-refractivity contribution in [3.63, 3.8) is 0 Å². The molecule has 7 heteroatoms. The molecule has 2 aromatic rings. The highest BCUT2D eigenvalue weighted by Crippen LogP contribution is 2.27. The Hall–Kier alpha value is -1.73. The highest BCUT2D eigenvalue weighted by Gasteiger charge is 2.26. The van der Waals surface area contributed by atoms with E-state index < -0.39 is 0 Å². The predicted molar refractivity (Wildman–Crippen MR) is 96.0 cm³/mol. The molecule has 0 spiro atoms. The molecular formula is C18H29N7. The molecule has 4 heterocycles. The zero-order valence-electron chi connectivity index (χ0n) is 15.2. The van der Waals surface area contributed by atoms with Crippen molar-refractivity contribution in [3.8, 4) is 0 Å². The second-order valence-electron chi connectivity index (χ2n) is 7.50. The van der Waals surface area contributed by atoms with E-state index in [9.17, 15) is 0 Å². The lowest BCUT2D eigenvalue weighted by Gasteiger charge is -2.31. The van der Waals surface area contributed by atoms with Gasteiger partial charge in [-0.05, 0) is 51.9 Å². The largest absolute Gasteiger partial charge is 0.347 e. The third kappa shape index (κ3) is 3.93. The smallest absolute Gasteiger partial charge is 0.146 e. The van der Waals surface area contributed by atoms with Crippen molar-refractivity contribution in [2.45, 2.75) is 51.1 Å².